The number of benzene rings is 2. The van der Waals surface area contributed by atoms with E-state index in [1.54, 1.807) is 19.1 Å². The molecule has 0 saturated carbocycles. The van der Waals surface area contributed by atoms with Crippen molar-refractivity contribution >= 4 is 28.5 Å². The maximum Gasteiger partial charge on any atom is 0.344 e. The van der Waals surface area contributed by atoms with Crippen LogP contribution in [0.25, 0.3) is 22.2 Å². The van der Waals surface area contributed by atoms with Gasteiger partial charge in [0.15, 0.2) is 11.7 Å². The fourth-order valence-electron chi connectivity index (χ4n) is 2.43. The Morgan fingerprint density at radius 1 is 1.29 bits per heavy atom. The van der Waals surface area contributed by atoms with E-state index in [1.807, 2.05) is 31.2 Å². The second kappa shape index (κ2) is 6.53. The van der Waals surface area contributed by atoms with E-state index in [4.69, 9.17) is 26.0 Å². The van der Waals surface area contributed by atoms with Crippen LogP contribution in [0, 0.1) is 6.92 Å². The van der Waals surface area contributed by atoms with Crippen molar-refractivity contribution in [2.24, 2.45) is 0 Å². The van der Waals surface area contributed by atoms with Crippen LogP contribution < -0.4 is 4.74 Å². The van der Waals surface area contributed by atoms with Gasteiger partial charge in [-0.1, -0.05) is 53.5 Å². The number of hydrogen-bond acceptors (Lipinski definition) is 4. The molecule has 2 aromatic carbocycles. The summed E-state index contributed by atoms with van der Waals surface area (Å²) >= 11 is 6.32. The molecule has 3 rings (SSSR count). The average Bonchev–Trinajstić information content (AvgIpc) is 2.99. The second-order valence-electron chi connectivity index (χ2n) is 5.50. The Morgan fingerprint density at radius 2 is 2.00 bits per heavy atom. The lowest BCUT2D eigenvalue weighted by molar-refractivity contribution is -0.145. The monoisotopic (exact) mass is 345 g/mol. The summed E-state index contributed by atoms with van der Waals surface area (Å²) in [7, 11) is 0. The summed E-state index contributed by atoms with van der Waals surface area (Å²) in [5, 5.41) is 14.2. The number of aryl methyl sites for hydroxylation is 1. The van der Waals surface area contributed by atoms with Gasteiger partial charge >= 0.3 is 5.97 Å². The number of nitrogens with zero attached hydrogens (tertiary/aromatic N) is 1. The molecule has 0 aliphatic heterocycles. The van der Waals surface area contributed by atoms with Crippen LogP contribution in [-0.2, 0) is 4.79 Å². The summed E-state index contributed by atoms with van der Waals surface area (Å²) < 4.78 is 10.8. The molecule has 0 bridgehead atoms. The van der Waals surface area contributed by atoms with Crippen LogP contribution in [0.15, 0.2) is 40.9 Å². The molecule has 0 spiro atoms. The average molecular weight is 346 g/mol. The number of carboxylic acids is 1. The Kier molecular flexibility index (Phi) is 4.44. The van der Waals surface area contributed by atoms with Crippen LogP contribution >= 0.6 is 11.6 Å². The van der Waals surface area contributed by atoms with E-state index in [0.29, 0.717) is 17.7 Å². The molecule has 0 fully saturated rings. The van der Waals surface area contributed by atoms with Crippen LogP contribution in [0.2, 0.25) is 5.02 Å². The van der Waals surface area contributed by atoms with Crippen LogP contribution in [-0.4, -0.2) is 22.3 Å². The molecule has 0 radical (unpaired) electrons. The Bertz CT molecular complexity index is 886. The standard InChI is InChI=1S/C18H16ClNO4/c1-3-13(18(21)22)23-14-9-8-12-16(20-24-17(12)15(14)19)11-6-4-10(2)5-7-11/h4-9,13H,3H2,1-2H3,(H,21,22). The fraction of sp³-hybridized carbons (Fsp3) is 0.222. The smallest absolute Gasteiger partial charge is 0.344 e. The van der Waals surface area contributed by atoms with E-state index >= 15 is 0 Å². The van der Waals surface area contributed by atoms with Crippen molar-refractivity contribution in [3.8, 4) is 17.0 Å². The van der Waals surface area contributed by atoms with Crippen molar-refractivity contribution in [1.82, 2.24) is 5.16 Å². The fourth-order valence-corrected chi connectivity index (χ4v) is 2.67. The lowest BCUT2D eigenvalue weighted by Crippen LogP contribution is -2.26. The number of carboxylic acid groups (broad SMARTS) is 1. The van der Waals surface area contributed by atoms with Gasteiger partial charge in [-0.2, -0.15) is 0 Å². The molecule has 0 amide bonds. The zero-order valence-corrected chi connectivity index (χ0v) is 14.0. The normalized spacial score (nSPS) is 12.3. The van der Waals surface area contributed by atoms with Crippen LogP contribution in [0.4, 0.5) is 0 Å². The molecular weight excluding hydrogens is 330 g/mol. The molecule has 1 unspecified atom stereocenters. The molecule has 0 aliphatic carbocycles. The highest BCUT2D eigenvalue weighted by Crippen LogP contribution is 2.38. The number of ether oxygens (including phenoxy) is 1. The minimum Gasteiger partial charge on any atom is -0.479 e. The van der Waals surface area contributed by atoms with Gasteiger partial charge in [0.25, 0.3) is 0 Å². The number of fused-ring (bicyclic) bond motifs is 1. The van der Waals surface area contributed by atoms with Crippen LogP contribution in [0.3, 0.4) is 0 Å². The van der Waals surface area contributed by atoms with Gasteiger partial charge in [0, 0.05) is 5.56 Å². The molecule has 6 heteroatoms. The van der Waals surface area contributed by atoms with Crippen LogP contribution in [0.1, 0.15) is 18.9 Å². The highest BCUT2D eigenvalue weighted by molar-refractivity contribution is 6.36. The van der Waals surface area contributed by atoms with Crippen molar-refractivity contribution in [2.45, 2.75) is 26.4 Å². The van der Waals surface area contributed by atoms with Gasteiger partial charge in [0.2, 0.25) is 0 Å². The maximum atomic E-state index is 11.1. The number of hydrogen-bond donors (Lipinski definition) is 1. The van der Waals surface area contributed by atoms with E-state index < -0.39 is 12.1 Å². The minimum atomic E-state index is -1.04. The predicted octanol–water partition coefficient (Wildman–Crippen LogP) is 4.70. The summed E-state index contributed by atoms with van der Waals surface area (Å²) in [6.45, 7) is 3.74. The first-order valence-corrected chi connectivity index (χ1v) is 7.93. The number of carbonyl (C=O) groups is 1. The second-order valence-corrected chi connectivity index (χ2v) is 5.88. The van der Waals surface area contributed by atoms with E-state index in [0.717, 1.165) is 16.5 Å². The number of halogens is 1. The van der Waals surface area contributed by atoms with Gasteiger partial charge in [0.1, 0.15) is 16.5 Å². The van der Waals surface area contributed by atoms with Crippen molar-refractivity contribution in [3.05, 3.63) is 47.0 Å². The van der Waals surface area contributed by atoms with E-state index in [1.165, 1.54) is 0 Å². The molecule has 0 aliphatic rings. The molecule has 124 valence electrons. The highest BCUT2D eigenvalue weighted by Gasteiger charge is 2.21. The Labute approximate surface area is 143 Å². The molecule has 1 atom stereocenters. The first kappa shape index (κ1) is 16.3. The number of aromatic nitrogens is 1. The van der Waals surface area contributed by atoms with Crippen molar-refractivity contribution in [3.63, 3.8) is 0 Å². The van der Waals surface area contributed by atoms with E-state index in [-0.39, 0.29) is 10.8 Å². The zero-order chi connectivity index (χ0) is 17.3. The first-order chi connectivity index (χ1) is 11.5. The summed E-state index contributed by atoms with van der Waals surface area (Å²) in [5.41, 5.74) is 3.13. The molecule has 24 heavy (non-hydrogen) atoms. The maximum absolute atomic E-state index is 11.1. The van der Waals surface area contributed by atoms with E-state index in [9.17, 15) is 4.79 Å². The predicted molar refractivity (Wildman–Crippen MR) is 91.5 cm³/mol. The number of rotatable bonds is 5. The van der Waals surface area contributed by atoms with Gasteiger partial charge in [0.05, 0.1) is 5.39 Å². The van der Waals surface area contributed by atoms with Crippen molar-refractivity contribution in [2.75, 3.05) is 0 Å². The van der Waals surface area contributed by atoms with Gasteiger partial charge in [-0.05, 0) is 25.5 Å². The molecule has 5 nitrogen and oxygen atoms in total. The largest absolute Gasteiger partial charge is 0.479 e. The van der Waals surface area contributed by atoms with E-state index in [2.05, 4.69) is 5.16 Å². The Hall–Kier alpha value is -2.53. The lowest BCUT2D eigenvalue weighted by Gasteiger charge is -2.14. The van der Waals surface area contributed by atoms with Gasteiger partial charge in [-0.25, -0.2) is 4.79 Å². The third kappa shape index (κ3) is 2.95. The molecule has 3 aromatic rings. The first-order valence-electron chi connectivity index (χ1n) is 7.55. The van der Waals surface area contributed by atoms with Gasteiger partial charge < -0.3 is 14.4 Å². The molecule has 0 saturated heterocycles. The molecular formula is C18H16ClNO4. The third-order valence-corrected chi connectivity index (χ3v) is 4.14. The summed E-state index contributed by atoms with van der Waals surface area (Å²) in [4.78, 5) is 11.1. The Balaban J connectivity index is 2.02. The minimum absolute atomic E-state index is 0.220. The van der Waals surface area contributed by atoms with Gasteiger partial charge in [-0.15, -0.1) is 0 Å². The lowest BCUT2D eigenvalue weighted by atomic mass is 10.1. The topological polar surface area (TPSA) is 72.6 Å². The Morgan fingerprint density at radius 3 is 2.62 bits per heavy atom. The summed E-state index contributed by atoms with van der Waals surface area (Å²) in [6, 6.07) is 11.3. The van der Waals surface area contributed by atoms with Crippen molar-refractivity contribution in [1.29, 1.82) is 0 Å². The molecule has 1 heterocycles. The summed E-state index contributed by atoms with van der Waals surface area (Å²) in [6.07, 6.45) is -0.631. The summed E-state index contributed by atoms with van der Waals surface area (Å²) in [5.74, 6) is -0.767. The zero-order valence-electron chi connectivity index (χ0n) is 13.2. The van der Waals surface area contributed by atoms with Gasteiger partial charge in [-0.3, -0.25) is 0 Å². The quantitative estimate of drug-likeness (QED) is 0.725. The SMILES string of the molecule is CCC(Oc1ccc2c(-c3ccc(C)cc3)noc2c1Cl)C(=O)O. The molecule has 1 aromatic heterocycles. The molecule has 1 N–H and O–H groups in total. The third-order valence-electron chi connectivity index (χ3n) is 3.79. The van der Waals surface area contributed by atoms with Crippen molar-refractivity contribution < 1.29 is 19.2 Å². The van der Waals surface area contributed by atoms with Crippen LogP contribution in [0.5, 0.6) is 5.75 Å². The highest BCUT2D eigenvalue weighted by atomic mass is 35.5. The number of aliphatic carboxylic acids is 1.